The van der Waals surface area contributed by atoms with E-state index < -0.39 is 11.6 Å². The Kier molecular flexibility index (Phi) is 4.43. The Bertz CT molecular complexity index is 770. The maximum Gasteiger partial charge on any atom is 0.159 e. The van der Waals surface area contributed by atoms with Gasteiger partial charge < -0.3 is 5.32 Å². The average molecular weight is 314 g/mol. The van der Waals surface area contributed by atoms with Gasteiger partial charge in [0.2, 0.25) is 0 Å². The van der Waals surface area contributed by atoms with Gasteiger partial charge in [0.05, 0.1) is 5.69 Å². The molecule has 6 heteroatoms. The van der Waals surface area contributed by atoms with Gasteiger partial charge in [0.15, 0.2) is 11.6 Å². The molecule has 1 heterocycles. The monoisotopic (exact) mass is 314 g/mol. The summed E-state index contributed by atoms with van der Waals surface area (Å²) in [5.41, 5.74) is 2.73. The minimum Gasteiger partial charge on any atom is -0.306 e. The third-order valence-corrected chi connectivity index (χ3v) is 3.67. The van der Waals surface area contributed by atoms with Crippen molar-refractivity contribution in [3.05, 3.63) is 77.9 Å². The molecule has 0 radical (unpaired) electrons. The van der Waals surface area contributed by atoms with Crippen molar-refractivity contribution >= 4 is 0 Å². The van der Waals surface area contributed by atoms with Gasteiger partial charge in [-0.15, -0.1) is 0 Å². The Morgan fingerprint density at radius 2 is 1.87 bits per heavy atom. The van der Waals surface area contributed by atoms with E-state index in [0.717, 1.165) is 17.3 Å². The molecule has 23 heavy (non-hydrogen) atoms. The van der Waals surface area contributed by atoms with Gasteiger partial charge in [-0.25, -0.2) is 18.4 Å². The summed E-state index contributed by atoms with van der Waals surface area (Å²) >= 11 is 0. The summed E-state index contributed by atoms with van der Waals surface area (Å²) in [5, 5.41) is 7.37. The van der Waals surface area contributed by atoms with Gasteiger partial charge in [-0.2, -0.15) is 5.10 Å². The zero-order valence-electron chi connectivity index (χ0n) is 12.6. The van der Waals surface area contributed by atoms with E-state index in [0.29, 0.717) is 12.1 Å². The topological polar surface area (TPSA) is 42.7 Å². The molecule has 0 aliphatic heterocycles. The highest BCUT2D eigenvalue weighted by molar-refractivity contribution is 5.34. The van der Waals surface area contributed by atoms with Gasteiger partial charge >= 0.3 is 0 Å². The van der Waals surface area contributed by atoms with E-state index in [1.165, 1.54) is 12.4 Å². The van der Waals surface area contributed by atoms with Crippen LogP contribution in [0.3, 0.4) is 0 Å². The Hall–Kier alpha value is -2.60. The van der Waals surface area contributed by atoms with E-state index in [4.69, 9.17) is 0 Å². The second-order valence-corrected chi connectivity index (χ2v) is 5.28. The van der Waals surface area contributed by atoms with Crippen molar-refractivity contribution in [3.63, 3.8) is 0 Å². The van der Waals surface area contributed by atoms with Crippen molar-refractivity contribution in [2.75, 3.05) is 0 Å². The van der Waals surface area contributed by atoms with Crippen LogP contribution in [0.5, 0.6) is 0 Å². The lowest BCUT2D eigenvalue weighted by Crippen LogP contribution is -2.18. The van der Waals surface area contributed by atoms with Gasteiger partial charge in [0.25, 0.3) is 0 Å². The number of hydrogen-bond acceptors (Lipinski definition) is 3. The number of aromatic nitrogens is 3. The van der Waals surface area contributed by atoms with Crippen LogP contribution in [0.15, 0.2) is 55.1 Å². The predicted octanol–water partition coefficient (Wildman–Crippen LogP) is 3.40. The van der Waals surface area contributed by atoms with Crippen LogP contribution >= 0.6 is 0 Å². The molecule has 0 spiro atoms. The van der Waals surface area contributed by atoms with Crippen LogP contribution in [0, 0.1) is 11.6 Å². The molecule has 0 amide bonds. The molecule has 1 aromatic heterocycles. The van der Waals surface area contributed by atoms with E-state index in [9.17, 15) is 8.78 Å². The summed E-state index contributed by atoms with van der Waals surface area (Å²) in [6, 6.07) is 11.9. The Morgan fingerprint density at radius 1 is 1.09 bits per heavy atom. The summed E-state index contributed by atoms with van der Waals surface area (Å²) in [7, 11) is 0. The third kappa shape index (κ3) is 3.60. The smallest absolute Gasteiger partial charge is 0.159 e. The van der Waals surface area contributed by atoms with Crippen LogP contribution in [0.1, 0.15) is 24.1 Å². The van der Waals surface area contributed by atoms with Gasteiger partial charge in [0.1, 0.15) is 12.7 Å². The molecular formula is C17H16F2N4. The summed E-state index contributed by atoms with van der Waals surface area (Å²) in [4.78, 5) is 3.91. The second kappa shape index (κ2) is 6.66. The molecule has 3 aromatic rings. The fourth-order valence-corrected chi connectivity index (χ4v) is 2.30. The van der Waals surface area contributed by atoms with E-state index in [-0.39, 0.29) is 6.04 Å². The molecule has 0 unspecified atom stereocenters. The van der Waals surface area contributed by atoms with Gasteiger partial charge in [-0.05, 0) is 42.3 Å². The van der Waals surface area contributed by atoms with E-state index in [1.807, 2.05) is 31.2 Å². The van der Waals surface area contributed by atoms with Crippen LogP contribution in [0.2, 0.25) is 0 Å². The van der Waals surface area contributed by atoms with E-state index >= 15 is 0 Å². The van der Waals surface area contributed by atoms with Crippen LogP contribution in [-0.4, -0.2) is 14.8 Å². The largest absolute Gasteiger partial charge is 0.306 e. The molecule has 0 fully saturated rings. The molecular weight excluding hydrogens is 298 g/mol. The first kappa shape index (κ1) is 15.3. The van der Waals surface area contributed by atoms with Crippen LogP contribution in [0.4, 0.5) is 8.78 Å². The Morgan fingerprint density at radius 3 is 2.52 bits per heavy atom. The quantitative estimate of drug-likeness (QED) is 0.785. The van der Waals surface area contributed by atoms with Crippen molar-refractivity contribution in [1.82, 2.24) is 20.1 Å². The molecule has 0 saturated carbocycles. The van der Waals surface area contributed by atoms with Crippen LogP contribution in [0.25, 0.3) is 5.69 Å². The van der Waals surface area contributed by atoms with Crippen molar-refractivity contribution in [3.8, 4) is 5.69 Å². The molecule has 118 valence electrons. The van der Waals surface area contributed by atoms with Crippen molar-refractivity contribution in [2.24, 2.45) is 0 Å². The van der Waals surface area contributed by atoms with Crippen molar-refractivity contribution in [2.45, 2.75) is 19.5 Å². The molecule has 1 atom stereocenters. The lowest BCUT2D eigenvalue weighted by atomic mass is 10.1. The third-order valence-electron chi connectivity index (χ3n) is 3.67. The standard InChI is InChI=1S/C17H16F2N4/c1-12(21-9-13-2-7-16(18)17(19)8-13)14-3-5-15(6-4-14)23-11-20-10-22-23/h2-8,10-12,21H,9H2,1H3/t12-/m0/s1. The number of halogens is 2. The maximum absolute atomic E-state index is 13.2. The number of nitrogens with zero attached hydrogens (tertiary/aromatic N) is 3. The summed E-state index contributed by atoms with van der Waals surface area (Å²) < 4.78 is 27.8. The normalized spacial score (nSPS) is 12.3. The highest BCUT2D eigenvalue weighted by Crippen LogP contribution is 2.16. The molecule has 0 aliphatic carbocycles. The van der Waals surface area contributed by atoms with Gasteiger partial charge in [-0.3, -0.25) is 0 Å². The molecule has 0 bridgehead atoms. The lowest BCUT2D eigenvalue weighted by molar-refractivity contribution is 0.504. The number of rotatable bonds is 5. The number of nitrogens with one attached hydrogen (secondary N) is 1. The Labute approximate surface area is 132 Å². The van der Waals surface area contributed by atoms with Crippen molar-refractivity contribution in [1.29, 1.82) is 0 Å². The first-order chi connectivity index (χ1) is 11.1. The molecule has 1 N–H and O–H groups in total. The summed E-state index contributed by atoms with van der Waals surface area (Å²) in [6.07, 6.45) is 3.12. The van der Waals surface area contributed by atoms with Gasteiger partial charge in [-0.1, -0.05) is 18.2 Å². The summed E-state index contributed by atoms with van der Waals surface area (Å²) in [5.74, 6) is -1.65. The molecule has 0 saturated heterocycles. The van der Waals surface area contributed by atoms with Crippen LogP contribution < -0.4 is 5.32 Å². The molecule has 3 rings (SSSR count). The average Bonchev–Trinajstić information content (AvgIpc) is 3.10. The minimum absolute atomic E-state index is 0.0768. The lowest BCUT2D eigenvalue weighted by Gasteiger charge is -2.15. The first-order valence-electron chi connectivity index (χ1n) is 7.26. The number of hydrogen-bond donors (Lipinski definition) is 1. The maximum atomic E-state index is 13.2. The highest BCUT2D eigenvalue weighted by atomic mass is 19.2. The zero-order valence-corrected chi connectivity index (χ0v) is 12.6. The zero-order chi connectivity index (χ0) is 16.2. The highest BCUT2D eigenvalue weighted by Gasteiger charge is 2.07. The molecule has 0 aliphatic rings. The predicted molar refractivity (Wildman–Crippen MR) is 83.0 cm³/mol. The van der Waals surface area contributed by atoms with Gasteiger partial charge in [0, 0.05) is 12.6 Å². The fraction of sp³-hybridized carbons (Fsp3) is 0.176. The second-order valence-electron chi connectivity index (χ2n) is 5.28. The minimum atomic E-state index is -0.828. The SMILES string of the molecule is C[C@H](NCc1ccc(F)c(F)c1)c1ccc(-n2cncn2)cc1. The summed E-state index contributed by atoms with van der Waals surface area (Å²) in [6.45, 7) is 2.48. The van der Waals surface area contributed by atoms with E-state index in [2.05, 4.69) is 15.4 Å². The number of benzene rings is 2. The first-order valence-corrected chi connectivity index (χ1v) is 7.26. The molecule has 2 aromatic carbocycles. The Balaban J connectivity index is 1.63. The van der Waals surface area contributed by atoms with Crippen LogP contribution in [-0.2, 0) is 6.54 Å². The van der Waals surface area contributed by atoms with E-state index in [1.54, 1.807) is 17.1 Å². The fourth-order valence-electron chi connectivity index (χ4n) is 2.30. The van der Waals surface area contributed by atoms with Crippen molar-refractivity contribution < 1.29 is 8.78 Å². The molecule has 4 nitrogen and oxygen atoms in total.